The first-order valence-electron chi connectivity index (χ1n) is 6.28. The Hall–Kier alpha value is -2.76. The Balaban J connectivity index is 2.09. The molecule has 0 saturated heterocycles. The highest BCUT2D eigenvalue weighted by Gasteiger charge is 2.12. The van der Waals surface area contributed by atoms with E-state index in [2.05, 4.69) is 10.5 Å². The molecule has 1 heterocycles. The third-order valence-corrected chi connectivity index (χ3v) is 2.89. The molecular formula is C15H16N2O4. The van der Waals surface area contributed by atoms with Crippen molar-refractivity contribution in [3.8, 4) is 11.5 Å². The molecule has 1 aromatic heterocycles. The van der Waals surface area contributed by atoms with Crippen LogP contribution in [0.15, 0.2) is 33.8 Å². The number of carbonyl (C=O) groups is 1. The van der Waals surface area contributed by atoms with E-state index in [0.29, 0.717) is 28.4 Å². The second kappa shape index (κ2) is 6.13. The van der Waals surface area contributed by atoms with Gasteiger partial charge in [-0.25, -0.2) is 5.43 Å². The molecule has 2 N–H and O–H groups in total. The van der Waals surface area contributed by atoms with Gasteiger partial charge in [0.15, 0.2) is 0 Å². The van der Waals surface area contributed by atoms with Gasteiger partial charge in [0.1, 0.15) is 23.0 Å². The molecule has 21 heavy (non-hydrogen) atoms. The van der Waals surface area contributed by atoms with Gasteiger partial charge < -0.3 is 14.3 Å². The average molecular weight is 288 g/mol. The number of rotatable bonds is 4. The molecule has 0 aliphatic heterocycles. The Morgan fingerprint density at radius 1 is 1.38 bits per heavy atom. The molecule has 0 saturated carbocycles. The summed E-state index contributed by atoms with van der Waals surface area (Å²) in [6.07, 6.45) is 1.35. The summed E-state index contributed by atoms with van der Waals surface area (Å²) in [7, 11) is 1.53. The van der Waals surface area contributed by atoms with Crippen molar-refractivity contribution in [2.75, 3.05) is 7.11 Å². The van der Waals surface area contributed by atoms with Crippen LogP contribution in [0.5, 0.6) is 11.5 Å². The molecule has 6 heteroatoms. The molecule has 0 aliphatic rings. The maximum absolute atomic E-state index is 11.9. The van der Waals surface area contributed by atoms with E-state index in [9.17, 15) is 9.90 Å². The lowest BCUT2D eigenvalue weighted by Gasteiger charge is -2.03. The summed E-state index contributed by atoms with van der Waals surface area (Å²) < 4.78 is 10.3. The molecular weight excluding hydrogens is 272 g/mol. The van der Waals surface area contributed by atoms with Crippen LogP contribution in [0.25, 0.3) is 0 Å². The molecule has 0 unspecified atom stereocenters. The maximum atomic E-state index is 11.9. The molecule has 0 spiro atoms. The zero-order valence-electron chi connectivity index (χ0n) is 12.0. The van der Waals surface area contributed by atoms with Crippen LogP contribution in [-0.4, -0.2) is 24.3 Å². The molecule has 0 bridgehead atoms. The van der Waals surface area contributed by atoms with E-state index in [-0.39, 0.29) is 11.7 Å². The molecule has 6 nitrogen and oxygen atoms in total. The number of phenolic OH excluding ortho intramolecular Hbond substituents is 1. The Bertz CT molecular complexity index is 689. The fraction of sp³-hybridized carbons (Fsp3) is 0.200. The highest BCUT2D eigenvalue weighted by molar-refractivity contribution is 5.96. The molecule has 0 aliphatic carbocycles. The number of hydrazone groups is 1. The largest absolute Gasteiger partial charge is 0.507 e. The number of ether oxygens (including phenoxy) is 1. The fourth-order valence-corrected chi connectivity index (χ4v) is 1.84. The highest BCUT2D eigenvalue weighted by Crippen LogP contribution is 2.21. The van der Waals surface area contributed by atoms with Gasteiger partial charge in [0.25, 0.3) is 5.91 Å². The second-order valence-corrected chi connectivity index (χ2v) is 4.45. The lowest BCUT2D eigenvalue weighted by atomic mass is 10.2. The minimum absolute atomic E-state index is 0.0455. The van der Waals surface area contributed by atoms with Gasteiger partial charge in [-0.3, -0.25) is 4.79 Å². The molecule has 0 atom stereocenters. The third kappa shape index (κ3) is 3.42. The number of nitrogens with zero attached hydrogens (tertiary/aromatic N) is 1. The number of benzene rings is 1. The van der Waals surface area contributed by atoms with Crippen LogP contribution >= 0.6 is 0 Å². The van der Waals surface area contributed by atoms with E-state index in [1.165, 1.54) is 19.4 Å². The molecule has 1 amide bonds. The summed E-state index contributed by atoms with van der Waals surface area (Å²) in [6, 6.07) is 6.37. The molecule has 110 valence electrons. The van der Waals surface area contributed by atoms with E-state index < -0.39 is 0 Å². The number of furan rings is 1. The first-order valence-corrected chi connectivity index (χ1v) is 6.28. The number of methoxy groups -OCH3 is 1. The van der Waals surface area contributed by atoms with Crippen molar-refractivity contribution in [1.82, 2.24) is 5.43 Å². The summed E-state index contributed by atoms with van der Waals surface area (Å²) in [6.45, 7) is 3.47. The van der Waals surface area contributed by atoms with Crippen LogP contribution < -0.4 is 10.2 Å². The van der Waals surface area contributed by atoms with Crippen molar-refractivity contribution >= 4 is 12.1 Å². The normalized spacial score (nSPS) is 10.8. The molecule has 0 fully saturated rings. The lowest BCUT2D eigenvalue weighted by Crippen LogP contribution is -2.17. The highest BCUT2D eigenvalue weighted by atomic mass is 16.5. The number of carbonyl (C=O) groups excluding carboxylic acids is 1. The SMILES string of the molecule is COc1ccc(O)c(C=NNC(=O)c2cc(C)oc2C)c1. The van der Waals surface area contributed by atoms with Gasteiger partial charge in [-0.15, -0.1) is 0 Å². The zero-order valence-corrected chi connectivity index (χ0v) is 12.0. The van der Waals surface area contributed by atoms with Gasteiger partial charge in [0.05, 0.1) is 18.9 Å². The van der Waals surface area contributed by atoms with Crippen molar-refractivity contribution in [3.05, 3.63) is 46.9 Å². The van der Waals surface area contributed by atoms with Gasteiger partial charge in [0.2, 0.25) is 0 Å². The van der Waals surface area contributed by atoms with Gasteiger partial charge in [0, 0.05) is 5.56 Å². The lowest BCUT2D eigenvalue weighted by molar-refractivity contribution is 0.0953. The van der Waals surface area contributed by atoms with Crippen LogP contribution in [0.2, 0.25) is 0 Å². The quantitative estimate of drug-likeness (QED) is 0.668. The summed E-state index contributed by atoms with van der Waals surface area (Å²) in [5, 5.41) is 13.5. The third-order valence-electron chi connectivity index (χ3n) is 2.89. The smallest absolute Gasteiger partial charge is 0.274 e. The van der Waals surface area contributed by atoms with E-state index in [4.69, 9.17) is 9.15 Å². The van der Waals surface area contributed by atoms with E-state index in [1.54, 1.807) is 32.0 Å². The first-order chi connectivity index (χ1) is 10.0. The van der Waals surface area contributed by atoms with Crippen molar-refractivity contribution in [2.45, 2.75) is 13.8 Å². The number of hydrogen-bond acceptors (Lipinski definition) is 5. The van der Waals surface area contributed by atoms with E-state index in [1.807, 2.05) is 0 Å². The van der Waals surface area contributed by atoms with Crippen LogP contribution in [-0.2, 0) is 0 Å². The molecule has 1 aromatic carbocycles. The minimum atomic E-state index is -0.372. The van der Waals surface area contributed by atoms with Crippen molar-refractivity contribution < 1.29 is 19.1 Å². The fourth-order valence-electron chi connectivity index (χ4n) is 1.84. The summed E-state index contributed by atoms with van der Waals surface area (Å²) in [5.74, 6) is 1.45. The average Bonchev–Trinajstić information content (AvgIpc) is 2.79. The molecule has 0 radical (unpaired) electrons. The summed E-state index contributed by atoms with van der Waals surface area (Å²) in [4.78, 5) is 11.9. The van der Waals surface area contributed by atoms with E-state index in [0.717, 1.165) is 0 Å². The number of aromatic hydroxyl groups is 1. The monoisotopic (exact) mass is 288 g/mol. The number of hydrogen-bond donors (Lipinski definition) is 2. The Morgan fingerprint density at radius 3 is 2.76 bits per heavy atom. The van der Waals surface area contributed by atoms with Gasteiger partial charge in [-0.2, -0.15) is 5.10 Å². The standard InChI is InChI=1S/C15H16N2O4/c1-9-6-13(10(2)21-9)15(19)17-16-8-11-7-12(20-3)4-5-14(11)18/h4-8,18H,1-3H3,(H,17,19). The minimum Gasteiger partial charge on any atom is -0.507 e. The number of nitrogens with one attached hydrogen (secondary N) is 1. The topological polar surface area (TPSA) is 84.1 Å². The molecule has 2 aromatic rings. The van der Waals surface area contributed by atoms with Gasteiger partial charge >= 0.3 is 0 Å². The van der Waals surface area contributed by atoms with Crippen LogP contribution in [0.4, 0.5) is 0 Å². The van der Waals surface area contributed by atoms with E-state index >= 15 is 0 Å². The zero-order chi connectivity index (χ0) is 15.4. The van der Waals surface area contributed by atoms with Crippen LogP contribution in [0.1, 0.15) is 27.4 Å². The maximum Gasteiger partial charge on any atom is 0.274 e. The van der Waals surface area contributed by atoms with Gasteiger partial charge in [-0.05, 0) is 38.1 Å². The van der Waals surface area contributed by atoms with Crippen molar-refractivity contribution in [3.63, 3.8) is 0 Å². The van der Waals surface area contributed by atoms with Crippen molar-refractivity contribution in [1.29, 1.82) is 0 Å². The predicted octanol–water partition coefficient (Wildman–Crippen LogP) is 2.37. The number of amides is 1. The Kier molecular flexibility index (Phi) is 4.27. The van der Waals surface area contributed by atoms with Crippen LogP contribution in [0.3, 0.4) is 0 Å². The number of aryl methyl sites for hydroxylation is 2. The predicted molar refractivity (Wildman–Crippen MR) is 77.9 cm³/mol. The Labute approximate surface area is 122 Å². The van der Waals surface area contributed by atoms with Crippen molar-refractivity contribution in [2.24, 2.45) is 5.10 Å². The summed E-state index contributed by atoms with van der Waals surface area (Å²) in [5.41, 5.74) is 3.25. The second-order valence-electron chi connectivity index (χ2n) is 4.45. The first kappa shape index (κ1) is 14.6. The molecule has 2 rings (SSSR count). The van der Waals surface area contributed by atoms with Gasteiger partial charge in [-0.1, -0.05) is 0 Å². The number of phenols is 1. The van der Waals surface area contributed by atoms with Crippen LogP contribution in [0, 0.1) is 13.8 Å². The summed E-state index contributed by atoms with van der Waals surface area (Å²) >= 11 is 0. The Morgan fingerprint density at radius 2 is 2.14 bits per heavy atom.